The van der Waals surface area contributed by atoms with Crippen molar-refractivity contribution in [2.24, 2.45) is 13.0 Å². The van der Waals surface area contributed by atoms with Crippen LogP contribution in [0.25, 0.3) is 11.0 Å². The molecule has 1 aromatic carbocycles. The molecule has 1 aliphatic carbocycles. The van der Waals surface area contributed by atoms with Gasteiger partial charge in [0.15, 0.2) is 5.65 Å². The van der Waals surface area contributed by atoms with E-state index in [-0.39, 0.29) is 17.7 Å². The normalized spacial score (nSPS) is 19.3. The summed E-state index contributed by atoms with van der Waals surface area (Å²) in [6, 6.07) is 6.86. The number of alkyl halides is 3. The molecule has 3 aromatic rings. The van der Waals surface area contributed by atoms with E-state index in [0.29, 0.717) is 12.1 Å². The van der Waals surface area contributed by atoms with Gasteiger partial charge in [-0.05, 0) is 43.0 Å². The van der Waals surface area contributed by atoms with Crippen molar-refractivity contribution in [3.05, 3.63) is 53.3 Å². The minimum absolute atomic E-state index is 0.0518. The van der Waals surface area contributed by atoms with E-state index in [1.165, 1.54) is 12.1 Å². The second-order valence-electron chi connectivity index (χ2n) is 6.86. The number of nitrogens with one attached hydrogen (secondary N) is 1. The van der Waals surface area contributed by atoms with Gasteiger partial charge in [-0.3, -0.25) is 9.48 Å². The van der Waals surface area contributed by atoms with Crippen LogP contribution in [-0.4, -0.2) is 20.7 Å². The molecule has 0 spiro atoms. The van der Waals surface area contributed by atoms with Gasteiger partial charge in [-0.1, -0.05) is 12.1 Å². The largest absolute Gasteiger partial charge is 0.416 e. The van der Waals surface area contributed by atoms with Gasteiger partial charge in [-0.25, -0.2) is 4.98 Å². The molecule has 0 saturated heterocycles. The van der Waals surface area contributed by atoms with Crippen molar-refractivity contribution in [2.75, 3.05) is 5.32 Å². The Morgan fingerprint density at radius 1 is 1.26 bits per heavy atom. The average Bonchev–Trinajstić information content (AvgIpc) is 3.36. The summed E-state index contributed by atoms with van der Waals surface area (Å²) in [6.45, 7) is 1.87. The molecule has 2 heterocycles. The van der Waals surface area contributed by atoms with Gasteiger partial charge in [-0.15, -0.1) is 0 Å². The molecule has 4 rings (SSSR count). The van der Waals surface area contributed by atoms with Crippen molar-refractivity contribution in [1.82, 2.24) is 14.8 Å². The summed E-state index contributed by atoms with van der Waals surface area (Å²) in [4.78, 5) is 16.8. The summed E-state index contributed by atoms with van der Waals surface area (Å²) in [5.74, 6) is -0.445. The first-order valence-corrected chi connectivity index (χ1v) is 8.51. The highest BCUT2D eigenvalue weighted by atomic mass is 19.4. The van der Waals surface area contributed by atoms with E-state index < -0.39 is 11.7 Å². The number of hydrogen-bond donors (Lipinski definition) is 1. The number of anilines is 1. The number of hydrogen-bond acceptors (Lipinski definition) is 3. The molecule has 1 fully saturated rings. The smallest absolute Gasteiger partial charge is 0.324 e. The molecule has 5 nitrogen and oxygen atoms in total. The first-order valence-electron chi connectivity index (χ1n) is 8.51. The molecule has 140 valence electrons. The van der Waals surface area contributed by atoms with Gasteiger partial charge in [0, 0.05) is 18.4 Å². The molecule has 2 atom stereocenters. The molecular weight excluding hydrogens is 357 g/mol. The average molecular weight is 374 g/mol. The Balaban J connectivity index is 1.45. The summed E-state index contributed by atoms with van der Waals surface area (Å²) < 4.78 is 39.6. The monoisotopic (exact) mass is 374 g/mol. The third-order valence-corrected chi connectivity index (χ3v) is 4.92. The van der Waals surface area contributed by atoms with Crippen molar-refractivity contribution < 1.29 is 18.0 Å². The van der Waals surface area contributed by atoms with Gasteiger partial charge >= 0.3 is 6.18 Å². The number of fused-ring (bicyclic) bond motifs is 1. The zero-order chi connectivity index (χ0) is 19.3. The van der Waals surface area contributed by atoms with Crippen LogP contribution in [0.1, 0.15) is 29.2 Å². The lowest BCUT2D eigenvalue weighted by atomic mass is 10.1. The second-order valence-corrected chi connectivity index (χ2v) is 6.86. The predicted octanol–water partition coefficient (Wildman–Crippen LogP) is 4.04. The highest BCUT2D eigenvalue weighted by molar-refractivity contribution is 5.96. The maximum Gasteiger partial charge on any atom is 0.416 e. The molecular formula is C19H17F3N4O. The molecule has 0 bridgehead atoms. The van der Waals surface area contributed by atoms with Crippen molar-refractivity contribution in [3.63, 3.8) is 0 Å². The third kappa shape index (κ3) is 3.27. The maximum absolute atomic E-state index is 12.6. The highest BCUT2D eigenvalue weighted by Crippen LogP contribution is 2.48. The van der Waals surface area contributed by atoms with Gasteiger partial charge in [0.05, 0.1) is 23.1 Å². The van der Waals surface area contributed by atoms with Crippen LogP contribution >= 0.6 is 0 Å². The fraction of sp³-hybridized carbons (Fsp3) is 0.316. The zero-order valence-corrected chi connectivity index (χ0v) is 14.7. The lowest BCUT2D eigenvalue weighted by Gasteiger charge is -2.08. The minimum atomic E-state index is -4.35. The number of amides is 1. The molecule has 8 heteroatoms. The van der Waals surface area contributed by atoms with Crippen LogP contribution in [0.3, 0.4) is 0 Å². The second kappa shape index (κ2) is 6.07. The van der Waals surface area contributed by atoms with Crippen molar-refractivity contribution in [2.45, 2.75) is 25.4 Å². The van der Waals surface area contributed by atoms with E-state index in [9.17, 15) is 18.0 Å². The summed E-state index contributed by atoms with van der Waals surface area (Å²) >= 11 is 0. The predicted molar refractivity (Wildman–Crippen MR) is 94.2 cm³/mol. The summed E-state index contributed by atoms with van der Waals surface area (Å²) in [5.41, 5.74) is 2.21. The van der Waals surface area contributed by atoms with Crippen LogP contribution in [-0.2, 0) is 18.0 Å². The summed E-state index contributed by atoms with van der Waals surface area (Å²) in [5, 5.41) is 8.01. The molecule has 1 N–H and O–H groups in total. The Morgan fingerprint density at radius 3 is 2.63 bits per heavy atom. The molecule has 1 amide bonds. The van der Waals surface area contributed by atoms with Crippen LogP contribution in [0.15, 0.2) is 36.5 Å². The number of rotatable bonds is 3. The summed E-state index contributed by atoms with van der Waals surface area (Å²) in [7, 11) is 1.81. The quantitative estimate of drug-likeness (QED) is 0.753. The van der Waals surface area contributed by atoms with Gasteiger partial charge in [0.25, 0.3) is 0 Å². The first-order chi connectivity index (χ1) is 12.7. The molecule has 27 heavy (non-hydrogen) atoms. The zero-order valence-electron chi connectivity index (χ0n) is 14.7. The number of carbonyl (C=O) groups excluding carboxylic acids is 1. The molecule has 2 aromatic heterocycles. The molecule has 2 unspecified atom stereocenters. The van der Waals surface area contributed by atoms with Crippen LogP contribution in [0, 0.1) is 12.8 Å². The van der Waals surface area contributed by atoms with E-state index in [1.54, 1.807) is 17.9 Å². The number of aryl methyl sites for hydroxylation is 2. The van der Waals surface area contributed by atoms with Gasteiger partial charge in [-0.2, -0.15) is 18.3 Å². The number of benzene rings is 1. The first kappa shape index (κ1) is 17.5. The van der Waals surface area contributed by atoms with Gasteiger partial charge < -0.3 is 5.32 Å². The van der Waals surface area contributed by atoms with Crippen LogP contribution < -0.4 is 5.32 Å². The van der Waals surface area contributed by atoms with Crippen molar-refractivity contribution in [3.8, 4) is 0 Å². The Morgan fingerprint density at radius 2 is 1.96 bits per heavy atom. The molecule has 1 aliphatic rings. The van der Waals surface area contributed by atoms with E-state index in [4.69, 9.17) is 0 Å². The van der Waals surface area contributed by atoms with Gasteiger partial charge in [0.2, 0.25) is 5.91 Å². The fourth-order valence-corrected chi connectivity index (χ4v) is 3.38. The Kier molecular flexibility index (Phi) is 3.94. The van der Waals surface area contributed by atoms with Crippen LogP contribution in [0.5, 0.6) is 0 Å². The SMILES string of the molecule is Cc1nn(C)c2ncc(NC(=O)C3CC3c3ccc(C(F)(F)F)cc3)cc12. The third-order valence-electron chi connectivity index (χ3n) is 4.92. The van der Waals surface area contributed by atoms with E-state index >= 15 is 0 Å². The standard InChI is InChI=1S/C19H17F3N4O/c1-10-14-7-13(9-23-17(14)26(2)25-10)24-18(27)16-8-15(16)11-3-5-12(6-4-11)19(20,21)22/h3-7,9,15-16H,8H2,1-2H3,(H,24,27). The van der Waals surface area contributed by atoms with E-state index in [2.05, 4.69) is 15.4 Å². The highest BCUT2D eigenvalue weighted by Gasteiger charge is 2.44. The van der Waals surface area contributed by atoms with Crippen molar-refractivity contribution in [1.29, 1.82) is 0 Å². The van der Waals surface area contributed by atoms with E-state index in [1.807, 2.05) is 13.0 Å². The Hall–Kier alpha value is -2.90. The van der Waals surface area contributed by atoms with Crippen LogP contribution in [0.4, 0.5) is 18.9 Å². The number of nitrogens with zero attached hydrogens (tertiary/aromatic N) is 3. The summed E-state index contributed by atoms with van der Waals surface area (Å²) in [6.07, 6.45) is -2.15. The minimum Gasteiger partial charge on any atom is -0.324 e. The number of pyridine rings is 1. The molecule has 0 aliphatic heterocycles. The number of aromatic nitrogens is 3. The maximum atomic E-state index is 12.6. The van der Waals surface area contributed by atoms with Crippen LogP contribution in [0.2, 0.25) is 0 Å². The van der Waals surface area contributed by atoms with Gasteiger partial charge in [0.1, 0.15) is 0 Å². The number of carbonyl (C=O) groups is 1. The Bertz CT molecular complexity index is 1020. The fourth-order valence-electron chi connectivity index (χ4n) is 3.38. The topological polar surface area (TPSA) is 59.8 Å². The lowest BCUT2D eigenvalue weighted by Crippen LogP contribution is -2.14. The lowest BCUT2D eigenvalue weighted by molar-refractivity contribution is -0.137. The number of halogens is 3. The molecule has 0 radical (unpaired) electrons. The van der Waals surface area contributed by atoms with Crippen molar-refractivity contribution >= 4 is 22.6 Å². The molecule has 1 saturated carbocycles. The Labute approximate surface area is 153 Å². The van der Waals surface area contributed by atoms with E-state index in [0.717, 1.165) is 34.4 Å².